The van der Waals surface area contributed by atoms with Crippen LogP contribution in [0.1, 0.15) is 26.7 Å². The Hall–Kier alpha value is -0.810. The van der Waals surface area contributed by atoms with Crippen LogP contribution in [0.4, 0.5) is 0 Å². The summed E-state index contributed by atoms with van der Waals surface area (Å²) in [6.45, 7) is 9.82. The molecule has 1 aliphatic heterocycles. The van der Waals surface area contributed by atoms with Crippen molar-refractivity contribution in [3.05, 3.63) is 0 Å². The topological polar surface area (TPSA) is 48.9 Å². The molecule has 18 heavy (non-hydrogen) atoms. The molecule has 1 atom stereocenters. The van der Waals surface area contributed by atoms with Crippen molar-refractivity contribution in [3.8, 4) is 0 Å². The molecule has 0 aliphatic carbocycles. The van der Waals surface area contributed by atoms with Gasteiger partial charge in [0.1, 0.15) is 0 Å². The molecular formula is C13H28N4O. The summed E-state index contributed by atoms with van der Waals surface area (Å²) >= 11 is 0. The fraction of sp³-hybridized carbons (Fsp3) is 0.923. The highest BCUT2D eigenvalue weighted by Crippen LogP contribution is 2.11. The first kappa shape index (κ1) is 15.2. The minimum Gasteiger partial charge on any atom is -0.376 e. The lowest BCUT2D eigenvalue weighted by atomic mass is 10.2. The molecule has 0 radical (unpaired) electrons. The van der Waals surface area contributed by atoms with Gasteiger partial charge in [0.25, 0.3) is 0 Å². The predicted molar refractivity (Wildman–Crippen MR) is 76.1 cm³/mol. The van der Waals surface area contributed by atoms with Gasteiger partial charge in [-0.25, -0.2) is 0 Å². The summed E-state index contributed by atoms with van der Waals surface area (Å²) in [6, 6.07) is 0. The van der Waals surface area contributed by atoms with Crippen molar-refractivity contribution < 1.29 is 4.74 Å². The fourth-order valence-electron chi connectivity index (χ4n) is 1.85. The molecule has 1 aliphatic rings. The molecule has 0 spiro atoms. The third-order valence-electron chi connectivity index (χ3n) is 3.15. The number of nitrogens with one attached hydrogen (secondary N) is 2. The molecule has 0 aromatic carbocycles. The van der Waals surface area contributed by atoms with Crippen molar-refractivity contribution in [1.82, 2.24) is 15.5 Å². The molecule has 1 fully saturated rings. The Morgan fingerprint density at radius 3 is 2.83 bits per heavy atom. The maximum absolute atomic E-state index is 5.57. The van der Waals surface area contributed by atoms with Gasteiger partial charge in [0.15, 0.2) is 5.96 Å². The van der Waals surface area contributed by atoms with Crippen LogP contribution in [0, 0.1) is 0 Å². The van der Waals surface area contributed by atoms with E-state index in [0.717, 1.165) is 51.7 Å². The number of likely N-dealkylation sites (N-methyl/N-ethyl adjacent to an activating group) is 1. The Bertz CT molecular complexity index is 239. The molecule has 5 nitrogen and oxygen atoms in total. The van der Waals surface area contributed by atoms with Crippen molar-refractivity contribution in [2.24, 2.45) is 4.99 Å². The van der Waals surface area contributed by atoms with Gasteiger partial charge in [-0.05, 0) is 33.4 Å². The van der Waals surface area contributed by atoms with Crippen LogP contribution in [-0.2, 0) is 4.74 Å². The summed E-state index contributed by atoms with van der Waals surface area (Å²) in [6.07, 6.45) is 2.63. The Labute approximate surface area is 111 Å². The largest absolute Gasteiger partial charge is 0.376 e. The average molecular weight is 256 g/mol. The summed E-state index contributed by atoms with van der Waals surface area (Å²) < 4.78 is 5.57. The van der Waals surface area contributed by atoms with Gasteiger partial charge < -0.3 is 20.3 Å². The molecule has 0 bridgehead atoms. The lowest BCUT2D eigenvalue weighted by Crippen LogP contribution is -2.41. The smallest absolute Gasteiger partial charge is 0.191 e. The van der Waals surface area contributed by atoms with Crippen LogP contribution in [-0.4, -0.2) is 63.3 Å². The van der Waals surface area contributed by atoms with Crippen molar-refractivity contribution in [3.63, 3.8) is 0 Å². The highest BCUT2D eigenvalue weighted by molar-refractivity contribution is 5.79. The molecule has 0 amide bonds. The van der Waals surface area contributed by atoms with Gasteiger partial charge in [0, 0.05) is 26.2 Å². The normalized spacial score (nSPS) is 20.4. The summed E-state index contributed by atoms with van der Waals surface area (Å²) in [7, 11) is 2.12. The SMILES string of the molecule is CCNC(=NCC1CCCO1)NCCN(C)CC. The summed E-state index contributed by atoms with van der Waals surface area (Å²) in [4.78, 5) is 6.84. The number of guanidine groups is 1. The van der Waals surface area contributed by atoms with Gasteiger partial charge in [-0.1, -0.05) is 6.92 Å². The van der Waals surface area contributed by atoms with E-state index in [0.29, 0.717) is 6.10 Å². The second-order valence-electron chi connectivity index (χ2n) is 4.68. The molecule has 1 heterocycles. The molecule has 0 saturated carbocycles. The second kappa shape index (κ2) is 9.16. The van der Waals surface area contributed by atoms with E-state index in [9.17, 15) is 0 Å². The van der Waals surface area contributed by atoms with E-state index in [1.807, 2.05) is 0 Å². The van der Waals surface area contributed by atoms with Gasteiger partial charge in [-0.2, -0.15) is 0 Å². The maximum Gasteiger partial charge on any atom is 0.191 e. The Kier molecular flexibility index (Phi) is 7.76. The zero-order valence-corrected chi connectivity index (χ0v) is 12.0. The van der Waals surface area contributed by atoms with Crippen molar-refractivity contribution in [2.45, 2.75) is 32.8 Å². The van der Waals surface area contributed by atoms with E-state index >= 15 is 0 Å². The summed E-state index contributed by atoms with van der Waals surface area (Å²) in [5, 5.41) is 6.61. The van der Waals surface area contributed by atoms with E-state index < -0.39 is 0 Å². The monoisotopic (exact) mass is 256 g/mol. The second-order valence-corrected chi connectivity index (χ2v) is 4.68. The van der Waals surface area contributed by atoms with E-state index in [4.69, 9.17) is 4.74 Å². The molecule has 1 saturated heterocycles. The Morgan fingerprint density at radius 1 is 1.39 bits per heavy atom. The highest BCUT2D eigenvalue weighted by atomic mass is 16.5. The van der Waals surface area contributed by atoms with Crippen molar-refractivity contribution in [2.75, 3.05) is 46.4 Å². The number of hydrogen-bond acceptors (Lipinski definition) is 3. The number of nitrogens with zero attached hydrogens (tertiary/aromatic N) is 2. The van der Waals surface area contributed by atoms with Crippen molar-refractivity contribution in [1.29, 1.82) is 0 Å². The Balaban J connectivity index is 2.26. The molecule has 5 heteroatoms. The molecule has 0 aromatic rings. The quantitative estimate of drug-likeness (QED) is 0.519. The molecule has 1 rings (SSSR count). The fourth-order valence-corrected chi connectivity index (χ4v) is 1.85. The third-order valence-corrected chi connectivity index (χ3v) is 3.15. The Morgan fingerprint density at radius 2 is 2.22 bits per heavy atom. The first-order valence-corrected chi connectivity index (χ1v) is 7.08. The maximum atomic E-state index is 5.57. The first-order chi connectivity index (χ1) is 8.76. The van der Waals surface area contributed by atoms with Crippen molar-refractivity contribution >= 4 is 5.96 Å². The molecule has 1 unspecified atom stereocenters. The van der Waals surface area contributed by atoms with Gasteiger partial charge >= 0.3 is 0 Å². The van der Waals surface area contributed by atoms with Gasteiger partial charge in [0.2, 0.25) is 0 Å². The van der Waals surface area contributed by atoms with Gasteiger partial charge in [-0.15, -0.1) is 0 Å². The van der Waals surface area contributed by atoms with Crippen LogP contribution in [0.15, 0.2) is 4.99 Å². The summed E-state index contributed by atoms with van der Waals surface area (Å²) in [5.74, 6) is 0.900. The zero-order valence-electron chi connectivity index (χ0n) is 12.0. The molecule has 106 valence electrons. The molecule has 2 N–H and O–H groups in total. The van der Waals surface area contributed by atoms with E-state index in [1.54, 1.807) is 0 Å². The summed E-state index contributed by atoms with van der Waals surface area (Å²) in [5.41, 5.74) is 0. The lowest BCUT2D eigenvalue weighted by molar-refractivity contribution is 0.117. The predicted octanol–water partition coefficient (Wildman–Crippen LogP) is 0.672. The first-order valence-electron chi connectivity index (χ1n) is 7.08. The zero-order chi connectivity index (χ0) is 13.2. The van der Waals surface area contributed by atoms with E-state index in [1.165, 1.54) is 6.42 Å². The highest BCUT2D eigenvalue weighted by Gasteiger charge is 2.14. The van der Waals surface area contributed by atoms with Crippen LogP contribution in [0.25, 0.3) is 0 Å². The van der Waals surface area contributed by atoms with Gasteiger partial charge in [-0.3, -0.25) is 4.99 Å². The molecular weight excluding hydrogens is 228 g/mol. The van der Waals surface area contributed by atoms with E-state index in [-0.39, 0.29) is 0 Å². The van der Waals surface area contributed by atoms with Crippen LogP contribution in [0.5, 0.6) is 0 Å². The minimum absolute atomic E-state index is 0.318. The number of aliphatic imine (C=N–C) groups is 1. The van der Waals surface area contributed by atoms with Crippen LogP contribution < -0.4 is 10.6 Å². The van der Waals surface area contributed by atoms with Crippen LogP contribution in [0.3, 0.4) is 0 Å². The number of ether oxygens (including phenoxy) is 1. The number of rotatable bonds is 7. The lowest BCUT2D eigenvalue weighted by Gasteiger charge is -2.16. The van der Waals surface area contributed by atoms with E-state index in [2.05, 4.69) is 41.4 Å². The standard InChI is InChI=1S/C13H28N4O/c1-4-14-13(15-8-9-17(3)5-2)16-11-12-7-6-10-18-12/h12H,4-11H2,1-3H3,(H2,14,15,16). The number of hydrogen-bond donors (Lipinski definition) is 2. The third kappa shape index (κ3) is 6.21. The average Bonchev–Trinajstić information content (AvgIpc) is 2.88. The minimum atomic E-state index is 0.318. The molecule has 0 aromatic heterocycles. The van der Waals surface area contributed by atoms with Gasteiger partial charge in [0.05, 0.1) is 12.6 Å². The van der Waals surface area contributed by atoms with Crippen LogP contribution >= 0.6 is 0 Å². The van der Waals surface area contributed by atoms with Crippen LogP contribution in [0.2, 0.25) is 0 Å².